The molecule has 3 heterocycles. The second kappa shape index (κ2) is 9.11. The molecular formula is C20H20F3N7O. The Bertz CT molecular complexity index is 1090. The molecule has 5 rings (SSSR count). The van der Waals surface area contributed by atoms with Crippen LogP contribution in [-0.4, -0.2) is 36.3 Å². The van der Waals surface area contributed by atoms with Gasteiger partial charge in [0.05, 0.1) is 23.6 Å². The lowest BCUT2D eigenvalue weighted by atomic mass is 10.1. The summed E-state index contributed by atoms with van der Waals surface area (Å²) in [5, 5.41) is 14.7. The smallest absolute Gasteiger partial charge is 0.367 e. The Hall–Kier alpha value is -3.50. The maximum atomic E-state index is 12.3. The highest BCUT2D eigenvalue weighted by Crippen LogP contribution is 2.29. The molecule has 0 amide bonds. The molecular weight excluding hydrogens is 411 g/mol. The van der Waals surface area contributed by atoms with E-state index in [2.05, 4.69) is 35.6 Å². The number of benzene rings is 1. The molecule has 3 aromatic heterocycles. The van der Waals surface area contributed by atoms with Crippen molar-refractivity contribution in [2.24, 2.45) is 0 Å². The molecule has 1 fully saturated rings. The van der Waals surface area contributed by atoms with Gasteiger partial charge in [-0.1, -0.05) is 30.1 Å². The molecule has 11 heteroatoms. The highest BCUT2D eigenvalue weighted by molar-refractivity contribution is 5.85. The fraction of sp³-hybridized carbons (Fsp3) is 0.350. The summed E-state index contributed by atoms with van der Waals surface area (Å²) in [5.74, 6) is 1.28. The minimum absolute atomic E-state index is 0.331. The van der Waals surface area contributed by atoms with Crippen molar-refractivity contribution in [1.82, 2.24) is 30.3 Å². The number of nitrogens with zero attached hydrogens (tertiary/aromatic N) is 5. The Labute approximate surface area is 175 Å². The quantitative estimate of drug-likeness (QED) is 0.494. The Balaban J connectivity index is 0.000000149. The van der Waals surface area contributed by atoms with Crippen LogP contribution in [0.5, 0.6) is 0 Å². The van der Waals surface area contributed by atoms with Crippen molar-refractivity contribution in [3.63, 3.8) is 0 Å². The third-order valence-corrected chi connectivity index (χ3v) is 4.99. The molecule has 1 aromatic carbocycles. The number of rotatable bonds is 4. The first-order valence-corrected chi connectivity index (χ1v) is 9.81. The highest BCUT2D eigenvalue weighted by Gasteiger charge is 2.29. The Morgan fingerprint density at radius 3 is 2.48 bits per heavy atom. The number of fused-ring (bicyclic) bond motifs is 1. The van der Waals surface area contributed by atoms with Crippen LogP contribution in [-0.2, 0) is 12.6 Å². The van der Waals surface area contributed by atoms with Gasteiger partial charge in [0, 0.05) is 6.04 Å². The molecule has 31 heavy (non-hydrogen) atoms. The minimum atomic E-state index is -4.30. The van der Waals surface area contributed by atoms with Gasteiger partial charge in [-0.25, -0.2) is 9.97 Å². The molecule has 0 spiro atoms. The van der Waals surface area contributed by atoms with Gasteiger partial charge in [-0.2, -0.15) is 23.3 Å². The van der Waals surface area contributed by atoms with Crippen LogP contribution in [0.1, 0.15) is 42.7 Å². The standard InChI is InChI=1S/C10H7F3N2O.C10H13N5/c11-10(12,13)8-3-1-7(2-4-8)5-9-14-6-15-16-9;1-2-4-7(3-1)14-9-8-5-13-15-10(8)12-6-11-9/h1-4,6H,5H2;5-7H,1-4H2,(H2,11,12,13,14,15). The van der Waals surface area contributed by atoms with Crippen molar-refractivity contribution < 1.29 is 17.7 Å². The van der Waals surface area contributed by atoms with Crippen LogP contribution in [0.15, 0.2) is 47.6 Å². The molecule has 2 N–H and O–H groups in total. The van der Waals surface area contributed by atoms with E-state index in [0.717, 1.165) is 29.0 Å². The third-order valence-electron chi connectivity index (χ3n) is 4.99. The van der Waals surface area contributed by atoms with Crippen LogP contribution in [0.4, 0.5) is 19.0 Å². The largest absolute Gasteiger partial charge is 0.416 e. The van der Waals surface area contributed by atoms with Crippen LogP contribution < -0.4 is 5.32 Å². The summed E-state index contributed by atoms with van der Waals surface area (Å²) in [7, 11) is 0. The van der Waals surface area contributed by atoms with Gasteiger partial charge in [-0.05, 0) is 30.5 Å². The van der Waals surface area contributed by atoms with Gasteiger partial charge in [0.15, 0.2) is 12.0 Å². The van der Waals surface area contributed by atoms with Gasteiger partial charge in [0.1, 0.15) is 12.1 Å². The lowest BCUT2D eigenvalue weighted by Crippen LogP contribution is -2.15. The zero-order valence-electron chi connectivity index (χ0n) is 16.4. The van der Waals surface area contributed by atoms with E-state index in [0.29, 0.717) is 23.9 Å². The number of alkyl halides is 3. The number of halogens is 3. The number of hydrogen-bond acceptors (Lipinski definition) is 7. The topological polar surface area (TPSA) is 105 Å². The summed E-state index contributed by atoms with van der Waals surface area (Å²) in [6.07, 6.45) is 5.73. The average Bonchev–Trinajstić information content (AvgIpc) is 3.51. The molecule has 1 aliphatic carbocycles. The first-order chi connectivity index (χ1) is 15.0. The minimum Gasteiger partial charge on any atom is -0.367 e. The molecule has 1 saturated carbocycles. The molecule has 0 saturated heterocycles. The zero-order valence-corrected chi connectivity index (χ0v) is 16.4. The van der Waals surface area contributed by atoms with Gasteiger partial charge >= 0.3 is 6.18 Å². The lowest BCUT2D eigenvalue weighted by molar-refractivity contribution is -0.137. The van der Waals surface area contributed by atoms with Gasteiger partial charge in [-0.3, -0.25) is 5.10 Å². The summed E-state index contributed by atoms with van der Waals surface area (Å²) in [6, 6.07) is 5.43. The summed E-state index contributed by atoms with van der Waals surface area (Å²) in [6.45, 7) is 0. The fourth-order valence-corrected chi connectivity index (χ4v) is 3.40. The molecule has 4 aromatic rings. The monoisotopic (exact) mass is 431 g/mol. The summed E-state index contributed by atoms with van der Waals surface area (Å²) in [5.41, 5.74) is 0.824. The van der Waals surface area contributed by atoms with E-state index in [-0.39, 0.29) is 0 Å². The van der Waals surface area contributed by atoms with Crippen LogP contribution in [0.3, 0.4) is 0 Å². The van der Waals surface area contributed by atoms with Crippen LogP contribution >= 0.6 is 0 Å². The van der Waals surface area contributed by atoms with E-state index in [1.54, 1.807) is 12.5 Å². The molecule has 1 aliphatic rings. The van der Waals surface area contributed by atoms with Crippen molar-refractivity contribution in [2.75, 3.05) is 5.32 Å². The van der Waals surface area contributed by atoms with Crippen LogP contribution in [0.2, 0.25) is 0 Å². The van der Waals surface area contributed by atoms with Crippen molar-refractivity contribution in [1.29, 1.82) is 0 Å². The first kappa shape index (κ1) is 20.8. The number of aromatic amines is 1. The van der Waals surface area contributed by atoms with Crippen molar-refractivity contribution in [3.8, 4) is 0 Å². The number of H-pyrrole nitrogens is 1. The molecule has 0 radical (unpaired) electrons. The number of anilines is 1. The van der Waals surface area contributed by atoms with E-state index in [1.165, 1.54) is 44.1 Å². The van der Waals surface area contributed by atoms with E-state index in [1.807, 2.05) is 0 Å². The number of hydrogen-bond donors (Lipinski definition) is 2. The molecule has 162 valence electrons. The number of nitrogens with one attached hydrogen (secondary N) is 2. The number of aromatic nitrogens is 6. The van der Waals surface area contributed by atoms with E-state index >= 15 is 0 Å². The van der Waals surface area contributed by atoms with Gasteiger partial charge in [0.25, 0.3) is 0 Å². The molecule has 0 aliphatic heterocycles. The fourth-order valence-electron chi connectivity index (χ4n) is 3.40. The molecule has 0 unspecified atom stereocenters. The average molecular weight is 431 g/mol. The molecule has 8 nitrogen and oxygen atoms in total. The van der Waals surface area contributed by atoms with E-state index < -0.39 is 11.7 Å². The van der Waals surface area contributed by atoms with Gasteiger partial charge < -0.3 is 9.84 Å². The predicted octanol–water partition coefficient (Wildman–Crippen LogP) is 4.39. The Morgan fingerprint density at radius 2 is 1.81 bits per heavy atom. The van der Waals surface area contributed by atoms with E-state index in [4.69, 9.17) is 4.52 Å². The normalized spacial score (nSPS) is 14.4. The molecule has 0 bridgehead atoms. The Morgan fingerprint density at radius 1 is 1.03 bits per heavy atom. The summed E-state index contributed by atoms with van der Waals surface area (Å²) in [4.78, 5) is 12.2. The van der Waals surface area contributed by atoms with Crippen molar-refractivity contribution >= 4 is 16.9 Å². The zero-order chi connectivity index (χ0) is 21.7. The lowest BCUT2D eigenvalue weighted by Gasteiger charge is -2.12. The molecule has 0 atom stereocenters. The Kier molecular flexibility index (Phi) is 6.10. The highest BCUT2D eigenvalue weighted by atomic mass is 19.4. The summed E-state index contributed by atoms with van der Waals surface area (Å²) < 4.78 is 41.5. The maximum Gasteiger partial charge on any atom is 0.416 e. The predicted molar refractivity (Wildman–Crippen MR) is 106 cm³/mol. The van der Waals surface area contributed by atoms with E-state index in [9.17, 15) is 13.2 Å². The van der Waals surface area contributed by atoms with Gasteiger partial charge in [-0.15, -0.1) is 0 Å². The van der Waals surface area contributed by atoms with Crippen molar-refractivity contribution in [3.05, 3.63) is 60.1 Å². The summed E-state index contributed by atoms with van der Waals surface area (Å²) >= 11 is 0. The third kappa shape index (κ3) is 5.36. The van der Waals surface area contributed by atoms with Crippen molar-refractivity contribution in [2.45, 2.75) is 44.3 Å². The second-order valence-electron chi connectivity index (χ2n) is 7.19. The van der Waals surface area contributed by atoms with Crippen LogP contribution in [0.25, 0.3) is 11.0 Å². The first-order valence-electron chi connectivity index (χ1n) is 9.81. The second-order valence-corrected chi connectivity index (χ2v) is 7.19. The SMILES string of the molecule is FC(F)(F)c1ccc(Cc2ncno2)cc1.c1nc(NC2CCCC2)c2cn[nH]c2n1. The van der Waals surface area contributed by atoms with Gasteiger partial charge in [0.2, 0.25) is 5.89 Å². The maximum absolute atomic E-state index is 12.3. The van der Waals surface area contributed by atoms with Crippen LogP contribution in [0, 0.1) is 0 Å².